The monoisotopic (exact) mass is 464 g/mol. The fraction of sp³-hybridized carbons (Fsp3) is 0.208. The summed E-state index contributed by atoms with van der Waals surface area (Å²) in [5.41, 5.74) is 1.26. The molecule has 0 aliphatic carbocycles. The highest BCUT2D eigenvalue weighted by Gasteiger charge is 2.40. The Morgan fingerprint density at radius 3 is 2.52 bits per heavy atom. The van der Waals surface area contributed by atoms with Crippen molar-refractivity contribution in [1.29, 1.82) is 0 Å². The molecular formula is C24H22BFN2O4S. The van der Waals surface area contributed by atoms with Gasteiger partial charge in [0.2, 0.25) is 0 Å². The highest BCUT2D eigenvalue weighted by molar-refractivity contribution is 7.90. The Kier molecular flexibility index (Phi) is 5.35. The van der Waals surface area contributed by atoms with Gasteiger partial charge < -0.3 is 9.31 Å². The van der Waals surface area contributed by atoms with Gasteiger partial charge in [-0.1, -0.05) is 36.4 Å². The van der Waals surface area contributed by atoms with Gasteiger partial charge in [-0.3, -0.25) is 0 Å². The number of fused-ring (bicyclic) bond motifs is 1. The molecule has 0 spiro atoms. The minimum absolute atomic E-state index is 0.0758. The number of aromatic nitrogens is 2. The minimum Gasteiger partial charge on any atom is -0.404 e. The summed E-state index contributed by atoms with van der Waals surface area (Å²) in [5, 5.41) is 0.589. The number of rotatable bonds is 5. The Morgan fingerprint density at radius 1 is 1.09 bits per heavy atom. The lowest BCUT2D eigenvalue weighted by Crippen LogP contribution is -2.35. The van der Waals surface area contributed by atoms with Crippen molar-refractivity contribution in [2.75, 3.05) is 6.61 Å². The molecule has 0 atom stereocenters. The summed E-state index contributed by atoms with van der Waals surface area (Å²) in [6.45, 7) is 4.27. The van der Waals surface area contributed by atoms with Crippen LogP contribution in [0.2, 0.25) is 0 Å². The highest BCUT2D eigenvalue weighted by atomic mass is 32.2. The Labute approximate surface area is 192 Å². The van der Waals surface area contributed by atoms with Gasteiger partial charge in [-0.2, -0.15) is 0 Å². The first kappa shape index (κ1) is 21.8. The molecule has 0 amide bonds. The van der Waals surface area contributed by atoms with Gasteiger partial charge in [0.15, 0.2) is 5.65 Å². The van der Waals surface area contributed by atoms with Crippen LogP contribution in [0.1, 0.15) is 25.1 Å². The number of hydrogen-bond donors (Lipinski definition) is 0. The molecule has 1 aliphatic heterocycles. The van der Waals surface area contributed by atoms with Crippen LogP contribution >= 0.6 is 0 Å². The normalized spacial score (nSPS) is 15.9. The molecule has 0 unspecified atom stereocenters. The maximum absolute atomic E-state index is 14.5. The average molecular weight is 464 g/mol. The second-order valence-corrected chi connectivity index (χ2v) is 10.4. The molecule has 9 heteroatoms. The number of pyridine rings is 1. The fourth-order valence-electron chi connectivity index (χ4n) is 4.07. The molecule has 0 radical (unpaired) electrons. The molecule has 2 aromatic carbocycles. The van der Waals surface area contributed by atoms with Crippen LogP contribution in [-0.2, 0) is 25.8 Å². The second-order valence-electron chi connectivity index (χ2n) is 8.64. The van der Waals surface area contributed by atoms with E-state index in [-0.39, 0.29) is 17.0 Å². The Hall–Kier alpha value is -3.01. The molecule has 1 saturated heterocycles. The SMILES string of the molecule is CC1(C)COB(c2ccnc3c2cc(Cc2ccccc2F)n3S(=O)(=O)c2ccccc2)O1. The maximum atomic E-state index is 14.5. The third-order valence-electron chi connectivity index (χ3n) is 5.64. The predicted octanol–water partition coefficient (Wildman–Crippen LogP) is 3.52. The molecule has 33 heavy (non-hydrogen) atoms. The smallest absolute Gasteiger partial charge is 0.404 e. The standard InChI is InChI=1S/C24H22BFN2O4S/c1-24(2)16-31-25(32-24)21-12-13-27-23-20(21)15-18(14-17-8-6-7-11-22(17)26)28(23)33(29,30)19-9-4-3-5-10-19/h3-13,15H,14,16H2,1-2H3. The van der Waals surface area contributed by atoms with E-state index in [2.05, 4.69) is 4.98 Å². The second kappa shape index (κ2) is 8.09. The van der Waals surface area contributed by atoms with Crippen LogP contribution in [0.15, 0.2) is 77.8 Å². The molecule has 3 heterocycles. The average Bonchev–Trinajstić information content (AvgIpc) is 3.35. The van der Waals surface area contributed by atoms with Gasteiger partial charge in [0, 0.05) is 23.7 Å². The highest BCUT2D eigenvalue weighted by Crippen LogP contribution is 2.28. The molecule has 1 fully saturated rings. The number of halogens is 1. The van der Waals surface area contributed by atoms with E-state index in [1.807, 2.05) is 13.8 Å². The van der Waals surface area contributed by atoms with E-state index in [1.165, 1.54) is 22.2 Å². The van der Waals surface area contributed by atoms with Crippen molar-refractivity contribution in [3.05, 3.63) is 90.0 Å². The lowest BCUT2D eigenvalue weighted by molar-refractivity contribution is 0.137. The topological polar surface area (TPSA) is 70.4 Å². The van der Waals surface area contributed by atoms with Crippen LogP contribution in [0.5, 0.6) is 0 Å². The fourth-order valence-corrected chi connectivity index (χ4v) is 5.58. The van der Waals surface area contributed by atoms with Gasteiger partial charge >= 0.3 is 7.12 Å². The minimum atomic E-state index is -4.00. The number of benzene rings is 2. The van der Waals surface area contributed by atoms with E-state index in [9.17, 15) is 12.8 Å². The van der Waals surface area contributed by atoms with Crippen molar-refractivity contribution in [3.8, 4) is 0 Å². The molecule has 168 valence electrons. The number of nitrogens with zero attached hydrogens (tertiary/aromatic N) is 2. The quantitative estimate of drug-likeness (QED) is 0.423. The zero-order valence-electron chi connectivity index (χ0n) is 18.2. The summed E-state index contributed by atoms with van der Waals surface area (Å²) in [7, 11) is -4.65. The van der Waals surface area contributed by atoms with Gasteiger partial charge in [0.05, 0.1) is 17.1 Å². The van der Waals surface area contributed by atoms with Crippen LogP contribution in [-0.4, -0.2) is 36.7 Å². The van der Waals surface area contributed by atoms with Gasteiger partial charge in [-0.25, -0.2) is 21.8 Å². The van der Waals surface area contributed by atoms with Crippen molar-refractivity contribution in [3.63, 3.8) is 0 Å². The summed E-state index contributed by atoms with van der Waals surface area (Å²) < 4.78 is 55.0. The third kappa shape index (κ3) is 3.97. The number of hydrogen-bond acceptors (Lipinski definition) is 5. The zero-order valence-corrected chi connectivity index (χ0v) is 19.0. The van der Waals surface area contributed by atoms with E-state index in [4.69, 9.17) is 9.31 Å². The Morgan fingerprint density at radius 2 is 1.82 bits per heavy atom. The molecule has 0 bridgehead atoms. The van der Waals surface area contributed by atoms with Gasteiger partial charge in [0.1, 0.15) is 5.82 Å². The van der Waals surface area contributed by atoms with Crippen molar-refractivity contribution >= 4 is 33.6 Å². The zero-order chi connectivity index (χ0) is 23.2. The molecular weight excluding hydrogens is 442 g/mol. The first-order valence-corrected chi connectivity index (χ1v) is 12.0. The molecule has 5 rings (SSSR count). The Bertz CT molecular complexity index is 1440. The maximum Gasteiger partial charge on any atom is 0.495 e. The summed E-state index contributed by atoms with van der Waals surface area (Å²) >= 11 is 0. The van der Waals surface area contributed by atoms with Crippen LogP contribution < -0.4 is 5.46 Å². The molecule has 6 nitrogen and oxygen atoms in total. The summed E-state index contributed by atoms with van der Waals surface area (Å²) in [6, 6.07) is 18.0. The predicted molar refractivity (Wildman–Crippen MR) is 124 cm³/mol. The molecule has 1 aliphatic rings. The third-order valence-corrected chi connectivity index (χ3v) is 7.40. The van der Waals surface area contributed by atoms with Crippen molar-refractivity contribution < 1.29 is 22.1 Å². The molecule has 0 N–H and O–H groups in total. The van der Waals surface area contributed by atoms with Gasteiger partial charge in [-0.05, 0) is 55.2 Å². The first-order chi connectivity index (χ1) is 15.8. The van der Waals surface area contributed by atoms with E-state index in [0.717, 1.165) is 0 Å². The van der Waals surface area contributed by atoms with Crippen LogP contribution in [0, 0.1) is 5.82 Å². The Balaban J connectivity index is 1.73. The largest absolute Gasteiger partial charge is 0.495 e. The summed E-state index contributed by atoms with van der Waals surface area (Å²) in [5.74, 6) is -0.399. The lowest BCUT2D eigenvalue weighted by Gasteiger charge is -2.15. The van der Waals surface area contributed by atoms with E-state index < -0.39 is 28.6 Å². The summed E-state index contributed by atoms with van der Waals surface area (Å²) in [6.07, 6.45) is 1.62. The first-order valence-electron chi connectivity index (χ1n) is 10.6. The van der Waals surface area contributed by atoms with Gasteiger partial charge in [0.25, 0.3) is 10.0 Å². The van der Waals surface area contributed by atoms with E-state index in [0.29, 0.717) is 28.7 Å². The van der Waals surface area contributed by atoms with Gasteiger partial charge in [-0.15, -0.1) is 0 Å². The van der Waals surface area contributed by atoms with Crippen LogP contribution in [0.25, 0.3) is 11.0 Å². The lowest BCUT2D eigenvalue weighted by atomic mass is 9.78. The van der Waals surface area contributed by atoms with Crippen LogP contribution in [0.4, 0.5) is 4.39 Å². The van der Waals surface area contributed by atoms with E-state index >= 15 is 0 Å². The van der Waals surface area contributed by atoms with Crippen LogP contribution in [0.3, 0.4) is 0 Å². The summed E-state index contributed by atoms with van der Waals surface area (Å²) in [4.78, 5) is 4.53. The molecule has 2 aromatic heterocycles. The molecule has 4 aromatic rings. The molecule has 0 saturated carbocycles. The van der Waals surface area contributed by atoms with Crippen molar-refractivity contribution in [1.82, 2.24) is 8.96 Å². The van der Waals surface area contributed by atoms with E-state index in [1.54, 1.807) is 54.7 Å². The van der Waals surface area contributed by atoms with Crippen molar-refractivity contribution in [2.45, 2.75) is 30.8 Å². The van der Waals surface area contributed by atoms with Crippen molar-refractivity contribution in [2.24, 2.45) is 0 Å².